The van der Waals surface area contributed by atoms with E-state index in [1.54, 1.807) is 0 Å². The molecule has 2 aromatic rings. The molecule has 0 spiro atoms. The molecule has 2 rings (SSSR count). The van der Waals surface area contributed by atoms with Crippen LogP contribution in [-0.4, -0.2) is 16.1 Å². The normalized spacial score (nSPS) is 10.5. The van der Waals surface area contributed by atoms with Crippen LogP contribution < -0.4 is 0 Å². The quantitative estimate of drug-likeness (QED) is 0.644. The summed E-state index contributed by atoms with van der Waals surface area (Å²) in [5.41, 5.74) is 0.738. The van der Waals surface area contributed by atoms with Crippen molar-refractivity contribution >= 4 is 51.1 Å². The van der Waals surface area contributed by atoms with Gasteiger partial charge in [-0.05, 0) is 40.8 Å². The van der Waals surface area contributed by atoms with Gasteiger partial charge in [-0.25, -0.2) is 9.78 Å². The predicted octanol–water partition coefficient (Wildman–Crippen LogP) is 3.19. The minimum absolute atomic E-state index is 0.0250. The number of hydrogen-bond acceptors (Lipinski definition) is 2. The number of rotatable bonds is 1. The van der Waals surface area contributed by atoms with Crippen molar-refractivity contribution in [2.75, 3.05) is 0 Å². The number of fused-ring (bicyclic) bond motifs is 1. The smallest absolute Gasteiger partial charge is 0.338 e. The molecule has 0 fully saturated rings. The molecule has 0 saturated heterocycles. The van der Waals surface area contributed by atoms with Crippen molar-refractivity contribution in [2.24, 2.45) is 0 Å². The van der Waals surface area contributed by atoms with Gasteiger partial charge < -0.3 is 5.11 Å². The van der Waals surface area contributed by atoms with Crippen LogP contribution in [0.1, 0.15) is 10.4 Å². The zero-order valence-corrected chi connectivity index (χ0v) is 10.3. The summed E-state index contributed by atoms with van der Waals surface area (Å²) in [5, 5.41) is 9.65. The number of aromatic carboxylic acids is 1. The zero-order chi connectivity index (χ0) is 11.0. The van der Waals surface area contributed by atoms with Crippen molar-refractivity contribution in [3.05, 3.63) is 38.6 Å². The maximum atomic E-state index is 10.8. The first-order chi connectivity index (χ1) is 7.08. The standard InChI is InChI=1S/C10H5ClINO2/c11-9-7(10(14)15)3-5-1-2-6(12)4-8(5)13-9/h1-4H,(H,14,15). The number of halogens is 2. The van der Waals surface area contributed by atoms with Crippen molar-refractivity contribution in [1.29, 1.82) is 0 Å². The molecule has 76 valence electrons. The number of carboxylic acid groups (broad SMARTS) is 1. The molecule has 1 N–H and O–H groups in total. The number of aromatic nitrogens is 1. The fourth-order valence-corrected chi connectivity index (χ4v) is 1.97. The van der Waals surface area contributed by atoms with Crippen molar-refractivity contribution in [3.8, 4) is 0 Å². The molecule has 0 unspecified atom stereocenters. The van der Waals surface area contributed by atoms with Crippen molar-refractivity contribution in [3.63, 3.8) is 0 Å². The topological polar surface area (TPSA) is 50.2 Å². The van der Waals surface area contributed by atoms with Gasteiger partial charge in [0.2, 0.25) is 0 Å². The van der Waals surface area contributed by atoms with E-state index in [2.05, 4.69) is 27.6 Å². The van der Waals surface area contributed by atoms with Crippen LogP contribution in [0.3, 0.4) is 0 Å². The number of carboxylic acids is 1. The fourth-order valence-electron chi connectivity index (χ4n) is 1.27. The largest absolute Gasteiger partial charge is 0.478 e. The van der Waals surface area contributed by atoms with E-state index in [1.165, 1.54) is 6.07 Å². The summed E-state index contributed by atoms with van der Waals surface area (Å²) in [7, 11) is 0. The van der Waals surface area contributed by atoms with Gasteiger partial charge in [0.1, 0.15) is 5.15 Å². The lowest BCUT2D eigenvalue weighted by Crippen LogP contribution is -1.99. The molecule has 0 amide bonds. The average molecular weight is 334 g/mol. The van der Waals surface area contributed by atoms with E-state index in [9.17, 15) is 4.79 Å². The molecule has 0 radical (unpaired) electrons. The predicted molar refractivity (Wildman–Crippen MR) is 66.4 cm³/mol. The third-order valence-corrected chi connectivity index (χ3v) is 2.92. The Labute approximate surface area is 104 Å². The Morgan fingerprint density at radius 3 is 2.80 bits per heavy atom. The summed E-state index contributed by atoms with van der Waals surface area (Å²) in [5.74, 6) is -1.06. The summed E-state index contributed by atoms with van der Waals surface area (Å²) >= 11 is 7.92. The van der Waals surface area contributed by atoms with Crippen LogP contribution in [0, 0.1) is 3.57 Å². The SMILES string of the molecule is O=C(O)c1cc2ccc(I)cc2nc1Cl. The van der Waals surface area contributed by atoms with E-state index in [0.717, 1.165) is 8.96 Å². The van der Waals surface area contributed by atoms with Gasteiger partial charge in [-0.3, -0.25) is 0 Å². The summed E-state index contributed by atoms with van der Waals surface area (Å²) in [6.07, 6.45) is 0. The highest BCUT2D eigenvalue weighted by Gasteiger charge is 2.11. The van der Waals surface area contributed by atoms with Gasteiger partial charge >= 0.3 is 5.97 Å². The zero-order valence-electron chi connectivity index (χ0n) is 7.37. The summed E-state index contributed by atoms with van der Waals surface area (Å²) in [4.78, 5) is 14.8. The Morgan fingerprint density at radius 2 is 2.13 bits per heavy atom. The van der Waals surface area contributed by atoms with Crippen LogP contribution >= 0.6 is 34.2 Å². The van der Waals surface area contributed by atoms with Crippen LogP contribution in [-0.2, 0) is 0 Å². The van der Waals surface area contributed by atoms with Gasteiger partial charge in [0.25, 0.3) is 0 Å². The van der Waals surface area contributed by atoms with E-state index < -0.39 is 5.97 Å². The van der Waals surface area contributed by atoms with Gasteiger partial charge in [0, 0.05) is 8.96 Å². The highest BCUT2D eigenvalue weighted by Crippen LogP contribution is 2.22. The molecule has 5 heteroatoms. The van der Waals surface area contributed by atoms with Crippen LogP contribution in [0.4, 0.5) is 0 Å². The van der Waals surface area contributed by atoms with Crippen LogP contribution in [0.15, 0.2) is 24.3 Å². The maximum Gasteiger partial charge on any atom is 0.338 e. The van der Waals surface area contributed by atoms with Gasteiger partial charge in [-0.2, -0.15) is 0 Å². The monoisotopic (exact) mass is 333 g/mol. The third kappa shape index (κ3) is 2.05. The molecule has 0 atom stereocenters. The first-order valence-corrected chi connectivity index (χ1v) is 5.53. The average Bonchev–Trinajstić information content (AvgIpc) is 2.15. The fraction of sp³-hybridized carbons (Fsp3) is 0. The molecular formula is C10H5ClINO2. The van der Waals surface area contributed by atoms with Crippen molar-refractivity contribution in [2.45, 2.75) is 0 Å². The Morgan fingerprint density at radius 1 is 1.40 bits per heavy atom. The first kappa shape index (κ1) is 10.6. The Hall–Kier alpha value is -0.880. The number of benzene rings is 1. The second kappa shape index (κ2) is 3.94. The van der Waals surface area contributed by atoms with E-state index >= 15 is 0 Å². The number of nitrogens with zero attached hydrogens (tertiary/aromatic N) is 1. The van der Waals surface area contributed by atoms with Crippen molar-refractivity contribution in [1.82, 2.24) is 4.98 Å². The van der Waals surface area contributed by atoms with Crippen LogP contribution in [0.5, 0.6) is 0 Å². The minimum atomic E-state index is -1.06. The van der Waals surface area contributed by atoms with E-state index in [4.69, 9.17) is 16.7 Å². The van der Waals surface area contributed by atoms with Gasteiger partial charge in [-0.15, -0.1) is 0 Å². The summed E-state index contributed by atoms with van der Waals surface area (Å²) < 4.78 is 1.03. The second-order valence-corrected chi connectivity index (χ2v) is 4.57. The maximum absolute atomic E-state index is 10.8. The molecule has 0 aliphatic rings. The Kier molecular flexibility index (Phi) is 2.79. The number of carbonyl (C=O) groups is 1. The van der Waals surface area contributed by atoms with Gasteiger partial charge in [0.05, 0.1) is 11.1 Å². The van der Waals surface area contributed by atoms with Gasteiger partial charge in [-0.1, -0.05) is 17.7 Å². The lowest BCUT2D eigenvalue weighted by Gasteiger charge is -2.02. The Bertz CT molecular complexity index is 556. The molecule has 0 saturated carbocycles. The van der Waals surface area contributed by atoms with E-state index in [0.29, 0.717) is 5.52 Å². The van der Waals surface area contributed by atoms with Crippen LogP contribution in [0.2, 0.25) is 5.15 Å². The highest BCUT2D eigenvalue weighted by atomic mass is 127. The molecular weight excluding hydrogens is 328 g/mol. The molecule has 0 aliphatic heterocycles. The number of pyridine rings is 1. The summed E-state index contributed by atoms with van der Waals surface area (Å²) in [6.45, 7) is 0. The molecule has 0 aliphatic carbocycles. The second-order valence-electron chi connectivity index (χ2n) is 2.97. The van der Waals surface area contributed by atoms with Gasteiger partial charge in [0.15, 0.2) is 0 Å². The van der Waals surface area contributed by atoms with E-state index in [1.807, 2.05) is 18.2 Å². The summed E-state index contributed by atoms with van der Waals surface area (Å²) in [6, 6.07) is 7.10. The van der Waals surface area contributed by atoms with Crippen LogP contribution in [0.25, 0.3) is 10.9 Å². The highest BCUT2D eigenvalue weighted by molar-refractivity contribution is 14.1. The van der Waals surface area contributed by atoms with Crippen molar-refractivity contribution < 1.29 is 9.90 Å². The number of hydrogen-bond donors (Lipinski definition) is 1. The lowest BCUT2D eigenvalue weighted by atomic mass is 10.1. The first-order valence-electron chi connectivity index (χ1n) is 4.07. The lowest BCUT2D eigenvalue weighted by molar-refractivity contribution is 0.0697. The molecule has 15 heavy (non-hydrogen) atoms. The molecule has 1 aromatic carbocycles. The van der Waals surface area contributed by atoms with E-state index in [-0.39, 0.29) is 10.7 Å². The molecule has 3 nitrogen and oxygen atoms in total. The Balaban J connectivity index is 2.76. The molecule has 1 heterocycles. The third-order valence-electron chi connectivity index (χ3n) is 1.96. The minimum Gasteiger partial charge on any atom is -0.478 e. The molecule has 0 bridgehead atoms. The molecule has 1 aromatic heterocycles.